The SMILES string of the molecule is CC(C)c1cc(OC2CC2)ccc1N(C)C. The van der Waals surface area contributed by atoms with Gasteiger partial charge >= 0.3 is 0 Å². The summed E-state index contributed by atoms with van der Waals surface area (Å²) in [5.74, 6) is 1.55. The van der Waals surface area contributed by atoms with E-state index in [4.69, 9.17) is 4.74 Å². The predicted molar refractivity (Wildman–Crippen MR) is 68.5 cm³/mol. The van der Waals surface area contributed by atoms with Crippen LogP contribution in [0, 0.1) is 0 Å². The maximum absolute atomic E-state index is 5.83. The van der Waals surface area contributed by atoms with Gasteiger partial charge in [-0.05, 0) is 42.5 Å². The average molecular weight is 219 g/mol. The van der Waals surface area contributed by atoms with Crippen LogP contribution < -0.4 is 9.64 Å². The molecular weight excluding hydrogens is 198 g/mol. The standard InChI is InChI=1S/C14H21NO/c1-10(2)13-9-12(16-11-5-6-11)7-8-14(13)15(3)4/h7-11H,5-6H2,1-4H3. The van der Waals surface area contributed by atoms with Crippen molar-refractivity contribution in [3.63, 3.8) is 0 Å². The molecule has 0 amide bonds. The Kier molecular flexibility index (Phi) is 3.08. The molecule has 0 bridgehead atoms. The van der Waals surface area contributed by atoms with Gasteiger partial charge in [0.15, 0.2) is 0 Å². The highest BCUT2D eigenvalue weighted by Gasteiger charge is 2.23. The molecule has 0 aliphatic heterocycles. The van der Waals surface area contributed by atoms with E-state index in [1.807, 2.05) is 0 Å². The van der Waals surface area contributed by atoms with Gasteiger partial charge in [-0.15, -0.1) is 0 Å². The number of hydrogen-bond donors (Lipinski definition) is 0. The zero-order valence-corrected chi connectivity index (χ0v) is 10.7. The number of benzene rings is 1. The minimum Gasteiger partial charge on any atom is -0.490 e. The maximum atomic E-state index is 5.83. The number of rotatable bonds is 4. The second-order valence-electron chi connectivity index (χ2n) is 5.09. The van der Waals surface area contributed by atoms with Gasteiger partial charge in [0.25, 0.3) is 0 Å². The van der Waals surface area contributed by atoms with Crippen LogP contribution in [0.1, 0.15) is 38.2 Å². The largest absolute Gasteiger partial charge is 0.490 e. The van der Waals surface area contributed by atoms with Crippen LogP contribution in [0.4, 0.5) is 5.69 Å². The third-order valence-electron chi connectivity index (χ3n) is 2.93. The lowest BCUT2D eigenvalue weighted by Crippen LogP contribution is -2.12. The molecule has 88 valence electrons. The highest BCUT2D eigenvalue weighted by molar-refractivity contribution is 5.56. The lowest BCUT2D eigenvalue weighted by molar-refractivity contribution is 0.303. The number of nitrogens with zero attached hydrogens (tertiary/aromatic N) is 1. The van der Waals surface area contributed by atoms with E-state index in [-0.39, 0.29) is 0 Å². The Balaban J connectivity index is 2.26. The molecule has 0 N–H and O–H groups in total. The van der Waals surface area contributed by atoms with Crippen molar-refractivity contribution in [2.24, 2.45) is 0 Å². The minimum atomic E-state index is 0.477. The molecule has 0 heterocycles. The van der Waals surface area contributed by atoms with Crippen molar-refractivity contribution < 1.29 is 4.74 Å². The summed E-state index contributed by atoms with van der Waals surface area (Å²) in [4.78, 5) is 2.16. The van der Waals surface area contributed by atoms with E-state index in [1.54, 1.807) is 0 Å². The normalized spacial score (nSPS) is 15.3. The molecule has 2 nitrogen and oxygen atoms in total. The maximum Gasteiger partial charge on any atom is 0.120 e. The lowest BCUT2D eigenvalue weighted by Gasteiger charge is -2.20. The van der Waals surface area contributed by atoms with E-state index in [0.717, 1.165) is 5.75 Å². The van der Waals surface area contributed by atoms with Gasteiger partial charge in [0, 0.05) is 19.8 Å². The monoisotopic (exact) mass is 219 g/mol. The Morgan fingerprint density at radius 1 is 1.25 bits per heavy atom. The molecule has 0 aromatic heterocycles. The fraction of sp³-hybridized carbons (Fsp3) is 0.571. The van der Waals surface area contributed by atoms with Gasteiger partial charge in [-0.3, -0.25) is 0 Å². The lowest BCUT2D eigenvalue weighted by atomic mass is 10.0. The van der Waals surface area contributed by atoms with Gasteiger partial charge < -0.3 is 9.64 Å². The average Bonchev–Trinajstić information content (AvgIpc) is 3.01. The summed E-state index contributed by atoms with van der Waals surface area (Å²) < 4.78 is 5.83. The number of ether oxygens (including phenoxy) is 1. The summed E-state index contributed by atoms with van der Waals surface area (Å²) in [6, 6.07) is 6.44. The molecule has 1 saturated carbocycles. The summed E-state index contributed by atoms with van der Waals surface area (Å²) >= 11 is 0. The van der Waals surface area contributed by atoms with Crippen LogP contribution in [0.5, 0.6) is 5.75 Å². The first kappa shape index (κ1) is 11.3. The second-order valence-corrected chi connectivity index (χ2v) is 5.09. The quantitative estimate of drug-likeness (QED) is 0.769. The van der Waals surface area contributed by atoms with E-state index in [0.29, 0.717) is 12.0 Å². The van der Waals surface area contributed by atoms with Crippen molar-refractivity contribution >= 4 is 5.69 Å². The molecule has 1 aromatic rings. The predicted octanol–water partition coefficient (Wildman–Crippen LogP) is 3.42. The van der Waals surface area contributed by atoms with Crippen molar-refractivity contribution in [1.29, 1.82) is 0 Å². The molecule has 1 aliphatic carbocycles. The summed E-state index contributed by atoms with van der Waals surface area (Å²) in [7, 11) is 4.17. The van der Waals surface area contributed by atoms with Gasteiger partial charge in [-0.25, -0.2) is 0 Å². The van der Waals surface area contributed by atoms with Gasteiger partial charge in [-0.2, -0.15) is 0 Å². The Labute approximate surface area is 98.2 Å². The van der Waals surface area contributed by atoms with Crippen molar-refractivity contribution in [3.05, 3.63) is 23.8 Å². The summed E-state index contributed by atoms with van der Waals surface area (Å²) in [5, 5.41) is 0. The summed E-state index contributed by atoms with van der Waals surface area (Å²) in [6.07, 6.45) is 2.91. The summed E-state index contributed by atoms with van der Waals surface area (Å²) in [5.41, 5.74) is 2.65. The zero-order valence-electron chi connectivity index (χ0n) is 10.7. The molecule has 2 heteroatoms. The molecule has 1 aromatic carbocycles. The molecule has 0 atom stereocenters. The Hall–Kier alpha value is -1.18. The Bertz CT molecular complexity index is 367. The zero-order chi connectivity index (χ0) is 11.7. The topological polar surface area (TPSA) is 12.5 Å². The molecule has 0 unspecified atom stereocenters. The van der Waals surface area contributed by atoms with Crippen molar-refractivity contribution in [3.8, 4) is 5.75 Å². The van der Waals surface area contributed by atoms with Crippen LogP contribution in [0.25, 0.3) is 0 Å². The van der Waals surface area contributed by atoms with E-state index in [2.05, 4.69) is 51.0 Å². The van der Waals surface area contributed by atoms with Crippen LogP contribution in [-0.4, -0.2) is 20.2 Å². The van der Waals surface area contributed by atoms with Crippen molar-refractivity contribution in [2.75, 3.05) is 19.0 Å². The van der Waals surface area contributed by atoms with Crippen LogP contribution in [-0.2, 0) is 0 Å². The second kappa shape index (κ2) is 4.36. The smallest absolute Gasteiger partial charge is 0.120 e. The van der Waals surface area contributed by atoms with Crippen LogP contribution in [0.15, 0.2) is 18.2 Å². The van der Waals surface area contributed by atoms with E-state index in [1.165, 1.54) is 24.1 Å². The number of anilines is 1. The fourth-order valence-electron chi connectivity index (χ4n) is 1.85. The van der Waals surface area contributed by atoms with Gasteiger partial charge in [0.05, 0.1) is 6.10 Å². The van der Waals surface area contributed by atoms with Crippen LogP contribution >= 0.6 is 0 Å². The number of hydrogen-bond acceptors (Lipinski definition) is 2. The highest BCUT2D eigenvalue weighted by Crippen LogP contribution is 2.33. The molecule has 16 heavy (non-hydrogen) atoms. The molecule has 1 fully saturated rings. The van der Waals surface area contributed by atoms with E-state index in [9.17, 15) is 0 Å². The molecule has 0 radical (unpaired) electrons. The third kappa shape index (κ3) is 2.49. The first-order chi connectivity index (χ1) is 7.58. The summed E-state index contributed by atoms with van der Waals surface area (Å²) in [6.45, 7) is 4.45. The first-order valence-corrected chi connectivity index (χ1v) is 6.06. The Morgan fingerprint density at radius 2 is 1.94 bits per heavy atom. The van der Waals surface area contributed by atoms with Gasteiger partial charge in [-0.1, -0.05) is 13.8 Å². The Morgan fingerprint density at radius 3 is 2.44 bits per heavy atom. The molecule has 0 spiro atoms. The third-order valence-corrected chi connectivity index (χ3v) is 2.93. The van der Waals surface area contributed by atoms with Crippen molar-refractivity contribution in [2.45, 2.75) is 38.7 Å². The van der Waals surface area contributed by atoms with E-state index < -0.39 is 0 Å². The molecular formula is C14H21NO. The first-order valence-electron chi connectivity index (χ1n) is 6.06. The van der Waals surface area contributed by atoms with Crippen LogP contribution in [0.2, 0.25) is 0 Å². The minimum absolute atomic E-state index is 0.477. The molecule has 1 aliphatic rings. The van der Waals surface area contributed by atoms with Crippen molar-refractivity contribution in [1.82, 2.24) is 0 Å². The molecule has 2 rings (SSSR count). The van der Waals surface area contributed by atoms with E-state index >= 15 is 0 Å². The van der Waals surface area contributed by atoms with Crippen LogP contribution in [0.3, 0.4) is 0 Å². The molecule has 0 saturated heterocycles. The highest BCUT2D eigenvalue weighted by atomic mass is 16.5. The van der Waals surface area contributed by atoms with Gasteiger partial charge in [0.1, 0.15) is 5.75 Å². The van der Waals surface area contributed by atoms with Gasteiger partial charge in [0.2, 0.25) is 0 Å². The fourth-order valence-corrected chi connectivity index (χ4v) is 1.85.